The van der Waals surface area contributed by atoms with E-state index < -0.39 is 16.0 Å². The van der Waals surface area contributed by atoms with E-state index in [0.717, 1.165) is 12.8 Å². The highest BCUT2D eigenvalue weighted by Gasteiger charge is 2.45. The van der Waals surface area contributed by atoms with Crippen LogP contribution in [0.3, 0.4) is 0 Å². The predicted octanol–water partition coefficient (Wildman–Crippen LogP) is 2.75. The minimum Gasteiger partial charge on any atom is -0.478 e. The van der Waals surface area contributed by atoms with Gasteiger partial charge in [0, 0.05) is 6.54 Å². The molecular weight excluding hydrogens is 314 g/mol. The second kappa shape index (κ2) is 5.59. The molecule has 1 aromatic carbocycles. The van der Waals surface area contributed by atoms with E-state index in [-0.39, 0.29) is 20.9 Å². The Morgan fingerprint density at radius 3 is 2.48 bits per heavy atom. The molecule has 5 nitrogen and oxygen atoms in total. The van der Waals surface area contributed by atoms with Gasteiger partial charge in [-0.15, -0.1) is 0 Å². The van der Waals surface area contributed by atoms with Crippen molar-refractivity contribution in [3.63, 3.8) is 0 Å². The summed E-state index contributed by atoms with van der Waals surface area (Å²) in [5.41, 5.74) is -0.0609. The van der Waals surface area contributed by atoms with Gasteiger partial charge < -0.3 is 5.11 Å². The molecule has 1 saturated carbocycles. The van der Waals surface area contributed by atoms with E-state index >= 15 is 0 Å². The number of rotatable bonds is 6. The number of aromatic carboxylic acids is 1. The molecule has 0 bridgehead atoms. The monoisotopic (exact) mass is 331 g/mol. The lowest BCUT2D eigenvalue weighted by Crippen LogP contribution is -2.32. The van der Waals surface area contributed by atoms with Crippen molar-refractivity contribution in [2.75, 3.05) is 6.54 Å². The zero-order valence-corrected chi connectivity index (χ0v) is 13.5. The first kappa shape index (κ1) is 16.3. The normalized spacial score (nSPS) is 17.0. The molecule has 0 aliphatic heterocycles. The third kappa shape index (κ3) is 3.39. The van der Waals surface area contributed by atoms with Crippen molar-refractivity contribution in [1.29, 1.82) is 0 Å². The van der Waals surface area contributed by atoms with Crippen molar-refractivity contribution in [2.24, 2.45) is 11.3 Å². The third-order valence-electron chi connectivity index (χ3n) is 4.21. The lowest BCUT2D eigenvalue weighted by Gasteiger charge is -2.20. The summed E-state index contributed by atoms with van der Waals surface area (Å²) in [6.45, 7) is 4.56. The molecule has 0 unspecified atom stereocenters. The minimum absolute atomic E-state index is 0.0166. The van der Waals surface area contributed by atoms with Gasteiger partial charge >= 0.3 is 5.97 Å². The molecule has 116 valence electrons. The van der Waals surface area contributed by atoms with Gasteiger partial charge in [-0.1, -0.05) is 25.4 Å². The summed E-state index contributed by atoms with van der Waals surface area (Å²) in [6.07, 6.45) is 2.04. The van der Waals surface area contributed by atoms with E-state index in [1.165, 1.54) is 18.2 Å². The van der Waals surface area contributed by atoms with Gasteiger partial charge in [0.2, 0.25) is 10.0 Å². The fourth-order valence-corrected chi connectivity index (χ4v) is 3.77. The van der Waals surface area contributed by atoms with Gasteiger partial charge in [0.25, 0.3) is 0 Å². The van der Waals surface area contributed by atoms with E-state index in [1.807, 2.05) is 0 Å². The van der Waals surface area contributed by atoms with Gasteiger partial charge in [-0.2, -0.15) is 0 Å². The number of benzene rings is 1. The Hall–Kier alpha value is -1.11. The van der Waals surface area contributed by atoms with Crippen LogP contribution in [0.1, 0.15) is 37.0 Å². The minimum atomic E-state index is -3.68. The van der Waals surface area contributed by atoms with Crippen molar-refractivity contribution in [2.45, 2.75) is 31.6 Å². The molecule has 21 heavy (non-hydrogen) atoms. The average Bonchev–Trinajstić information content (AvgIpc) is 3.17. The van der Waals surface area contributed by atoms with Gasteiger partial charge in [0.1, 0.15) is 0 Å². The summed E-state index contributed by atoms with van der Waals surface area (Å²) in [5.74, 6) is -0.771. The fraction of sp³-hybridized carbons (Fsp3) is 0.500. The highest BCUT2D eigenvalue weighted by atomic mass is 35.5. The lowest BCUT2D eigenvalue weighted by atomic mass is 9.93. The summed E-state index contributed by atoms with van der Waals surface area (Å²) < 4.78 is 27.1. The molecule has 0 radical (unpaired) electrons. The Morgan fingerprint density at radius 1 is 1.43 bits per heavy atom. The van der Waals surface area contributed by atoms with E-state index in [1.54, 1.807) is 0 Å². The molecule has 2 rings (SSSR count). The summed E-state index contributed by atoms with van der Waals surface area (Å²) in [7, 11) is -3.68. The van der Waals surface area contributed by atoms with Crippen molar-refractivity contribution < 1.29 is 18.3 Å². The second-order valence-corrected chi connectivity index (χ2v) is 7.96. The molecule has 1 fully saturated rings. The summed E-state index contributed by atoms with van der Waals surface area (Å²) >= 11 is 5.81. The third-order valence-corrected chi connectivity index (χ3v) is 5.92. The zero-order chi connectivity index (χ0) is 15.8. The topological polar surface area (TPSA) is 83.5 Å². The maximum absolute atomic E-state index is 12.2. The number of halogens is 1. The van der Waals surface area contributed by atoms with Crippen LogP contribution in [-0.4, -0.2) is 26.0 Å². The van der Waals surface area contributed by atoms with E-state index in [4.69, 9.17) is 16.7 Å². The van der Waals surface area contributed by atoms with Crippen LogP contribution in [-0.2, 0) is 10.0 Å². The molecule has 0 amide bonds. The zero-order valence-electron chi connectivity index (χ0n) is 11.9. The number of carboxylic acids is 1. The van der Waals surface area contributed by atoms with Gasteiger partial charge in [0.15, 0.2) is 0 Å². The second-order valence-electron chi connectivity index (χ2n) is 5.79. The van der Waals surface area contributed by atoms with Crippen LogP contribution in [0.15, 0.2) is 23.1 Å². The van der Waals surface area contributed by atoms with Crippen LogP contribution in [0.25, 0.3) is 0 Å². The quantitative estimate of drug-likeness (QED) is 0.839. The van der Waals surface area contributed by atoms with Crippen molar-refractivity contribution in [3.05, 3.63) is 28.8 Å². The van der Waals surface area contributed by atoms with E-state index in [0.29, 0.717) is 12.5 Å². The van der Waals surface area contributed by atoms with E-state index in [9.17, 15) is 13.2 Å². The van der Waals surface area contributed by atoms with Gasteiger partial charge in [-0.3, -0.25) is 0 Å². The molecular formula is C14H18ClNO4S. The first-order chi connectivity index (χ1) is 9.68. The first-order valence-electron chi connectivity index (χ1n) is 6.70. The number of carbonyl (C=O) groups is 1. The van der Waals surface area contributed by atoms with Crippen LogP contribution in [0.4, 0.5) is 0 Å². The number of sulfonamides is 1. The maximum Gasteiger partial charge on any atom is 0.337 e. The molecule has 1 aliphatic carbocycles. The predicted molar refractivity (Wildman–Crippen MR) is 80.1 cm³/mol. The standard InChI is InChI=1S/C14H18ClNO4S/c1-9(2)14(5-6-14)8-16-21(19,20)10-3-4-11(13(17)18)12(15)7-10/h3-4,7,9,16H,5-6,8H2,1-2H3,(H,17,18). The molecule has 7 heteroatoms. The number of carboxylic acid groups (broad SMARTS) is 1. The average molecular weight is 332 g/mol. The van der Waals surface area contributed by atoms with Crippen LogP contribution in [0.5, 0.6) is 0 Å². The highest BCUT2D eigenvalue weighted by molar-refractivity contribution is 7.89. The number of hydrogen-bond acceptors (Lipinski definition) is 3. The highest BCUT2D eigenvalue weighted by Crippen LogP contribution is 2.51. The Labute approximate surface area is 129 Å². The van der Waals surface area contributed by atoms with Crippen molar-refractivity contribution in [3.8, 4) is 0 Å². The van der Waals surface area contributed by atoms with Gasteiger partial charge in [0.05, 0.1) is 15.5 Å². The molecule has 0 heterocycles. The first-order valence-corrected chi connectivity index (χ1v) is 8.57. The molecule has 1 aromatic rings. The van der Waals surface area contributed by atoms with Crippen molar-refractivity contribution >= 4 is 27.6 Å². The molecule has 0 saturated heterocycles. The van der Waals surface area contributed by atoms with Crippen LogP contribution in [0, 0.1) is 11.3 Å². The smallest absolute Gasteiger partial charge is 0.337 e. The van der Waals surface area contributed by atoms with Crippen LogP contribution >= 0.6 is 11.6 Å². The summed E-state index contributed by atoms with van der Waals surface area (Å²) in [4.78, 5) is 10.9. The van der Waals surface area contributed by atoms with Crippen LogP contribution < -0.4 is 4.72 Å². The Kier molecular flexibility index (Phi) is 4.33. The molecule has 1 aliphatic rings. The molecule has 2 N–H and O–H groups in total. The van der Waals surface area contributed by atoms with Gasteiger partial charge in [-0.05, 0) is 42.4 Å². The fourth-order valence-electron chi connectivity index (χ4n) is 2.28. The van der Waals surface area contributed by atoms with Gasteiger partial charge in [-0.25, -0.2) is 17.9 Å². The Balaban J connectivity index is 2.17. The van der Waals surface area contributed by atoms with Crippen molar-refractivity contribution in [1.82, 2.24) is 4.72 Å². The Morgan fingerprint density at radius 2 is 2.05 bits per heavy atom. The maximum atomic E-state index is 12.2. The summed E-state index contributed by atoms with van der Waals surface area (Å²) in [6, 6.07) is 3.63. The number of nitrogens with one attached hydrogen (secondary N) is 1. The Bertz CT molecular complexity index is 666. The summed E-state index contributed by atoms with van der Waals surface area (Å²) in [5, 5.41) is 8.80. The van der Waals surface area contributed by atoms with E-state index in [2.05, 4.69) is 18.6 Å². The molecule has 0 aromatic heterocycles. The number of hydrogen-bond donors (Lipinski definition) is 2. The SMILES string of the molecule is CC(C)C1(CNS(=O)(=O)c2ccc(C(=O)O)c(Cl)c2)CC1. The largest absolute Gasteiger partial charge is 0.478 e. The lowest BCUT2D eigenvalue weighted by molar-refractivity contribution is 0.0697. The molecule has 0 atom stereocenters. The van der Waals surface area contributed by atoms with Crippen LogP contribution in [0.2, 0.25) is 5.02 Å². The molecule has 0 spiro atoms.